The SMILES string of the molecule is CCCC(=O)Nc1c#ccc(-c2ccc3[nH]nc(-c4cc5c(-c6ccc(F)s6)nccc5[nH]4)c3c2)c1. The molecule has 0 aliphatic rings. The van der Waals surface area contributed by atoms with Gasteiger partial charge in [0.1, 0.15) is 5.69 Å². The zero-order valence-corrected chi connectivity index (χ0v) is 20.1. The van der Waals surface area contributed by atoms with Gasteiger partial charge in [0, 0.05) is 28.9 Å². The Morgan fingerprint density at radius 2 is 1.94 bits per heavy atom. The molecule has 3 N–H and O–H groups in total. The smallest absolute Gasteiger partial charge is 0.224 e. The number of thiophene rings is 1. The number of aromatic amines is 2. The summed E-state index contributed by atoms with van der Waals surface area (Å²) in [5.41, 5.74) is 6.61. The fraction of sp³-hybridized carbons (Fsp3) is 0.107. The van der Waals surface area contributed by atoms with Crippen molar-refractivity contribution in [3.63, 3.8) is 0 Å². The van der Waals surface area contributed by atoms with Crippen LogP contribution in [0.15, 0.2) is 60.8 Å². The van der Waals surface area contributed by atoms with Crippen LogP contribution in [0.5, 0.6) is 0 Å². The molecule has 36 heavy (non-hydrogen) atoms. The molecule has 6 aromatic rings. The number of anilines is 1. The van der Waals surface area contributed by atoms with Gasteiger partial charge in [-0.25, -0.2) is 0 Å². The van der Waals surface area contributed by atoms with Crippen molar-refractivity contribution in [3.8, 4) is 33.1 Å². The minimum Gasteiger partial charge on any atom is -0.353 e. The van der Waals surface area contributed by atoms with Gasteiger partial charge in [-0.2, -0.15) is 9.49 Å². The van der Waals surface area contributed by atoms with Gasteiger partial charge in [-0.15, -0.1) is 11.3 Å². The van der Waals surface area contributed by atoms with Gasteiger partial charge in [0.2, 0.25) is 5.91 Å². The Bertz CT molecular complexity index is 1730. The highest BCUT2D eigenvalue weighted by atomic mass is 32.1. The van der Waals surface area contributed by atoms with Crippen molar-refractivity contribution in [2.75, 3.05) is 5.32 Å². The second kappa shape index (κ2) is 8.95. The van der Waals surface area contributed by atoms with Gasteiger partial charge < -0.3 is 10.3 Å². The Balaban J connectivity index is 1.40. The normalized spacial score (nSPS) is 11.2. The molecule has 0 unspecified atom stereocenters. The van der Waals surface area contributed by atoms with Gasteiger partial charge >= 0.3 is 0 Å². The first-order chi connectivity index (χ1) is 17.6. The maximum absolute atomic E-state index is 13.7. The minimum atomic E-state index is -0.241. The molecule has 0 aliphatic carbocycles. The summed E-state index contributed by atoms with van der Waals surface area (Å²) in [5.74, 6) is -0.0372. The number of amides is 1. The van der Waals surface area contributed by atoms with Crippen molar-refractivity contribution < 1.29 is 9.18 Å². The van der Waals surface area contributed by atoms with E-state index in [9.17, 15) is 9.18 Å². The Hall–Kier alpha value is -4.48. The van der Waals surface area contributed by atoms with Crippen LogP contribution in [0.25, 0.3) is 54.9 Å². The van der Waals surface area contributed by atoms with E-state index < -0.39 is 0 Å². The minimum absolute atomic E-state index is 0.0372. The highest BCUT2D eigenvalue weighted by Crippen LogP contribution is 2.36. The van der Waals surface area contributed by atoms with E-state index in [0.29, 0.717) is 12.1 Å². The summed E-state index contributed by atoms with van der Waals surface area (Å²) in [6, 6.07) is 22.9. The number of benzene rings is 1. The molecule has 0 saturated carbocycles. The van der Waals surface area contributed by atoms with Crippen molar-refractivity contribution >= 4 is 44.7 Å². The largest absolute Gasteiger partial charge is 0.353 e. The summed E-state index contributed by atoms with van der Waals surface area (Å²) < 4.78 is 13.7. The molecule has 0 aliphatic heterocycles. The van der Waals surface area contributed by atoms with Crippen LogP contribution in [0.2, 0.25) is 0 Å². The van der Waals surface area contributed by atoms with Crippen LogP contribution in [0, 0.1) is 17.3 Å². The average molecular weight is 494 g/mol. The molecule has 176 valence electrons. The molecule has 0 bridgehead atoms. The number of carbonyl (C=O) groups excluding carboxylic acids is 1. The second-order valence-corrected chi connectivity index (χ2v) is 9.50. The standard InChI is InChI=1S/C28H20FN5OS/c1-2-4-26(35)31-18-6-3-5-16(13-18)17-7-8-22-19(14-17)27(34-33-22)23-15-20-21(32-23)11-12-30-28(20)24-9-10-25(29)36-24/h5,7-15,32H,2,4H2,1H3,(H,31,35)(H,33,34). The number of nitrogens with one attached hydrogen (secondary N) is 3. The van der Waals surface area contributed by atoms with Crippen LogP contribution in [-0.2, 0) is 4.79 Å². The molecule has 6 rings (SSSR count). The molecule has 6 nitrogen and oxygen atoms in total. The van der Waals surface area contributed by atoms with Crippen molar-refractivity contribution in [2.45, 2.75) is 19.8 Å². The van der Waals surface area contributed by atoms with E-state index in [1.807, 2.05) is 43.3 Å². The Morgan fingerprint density at radius 1 is 1.06 bits per heavy atom. The third-order valence-electron chi connectivity index (χ3n) is 5.99. The zero-order valence-electron chi connectivity index (χ0n) is 19.3. The van der Waals surface area contributed by atoms with Crippen LogP contribution >= 0.6 is 11.3 Å². The highest BCUT2D eigenvalue weighted by molar-refractivity contribution is 7.13. The van der Waals surface area contributed by atoms with Crippen molar-refractivity contribution in [1.29, 1.82) is 0 Å². The van der Waals surface area contributed by atoms with Crippen LogP contribution in [0.1, 0.15) is 19.8 Å². The summed E-state index contributed by atoms with van der Waals surface area (Å²) >= 11 is 1.08. The average Bonchev–Trinajstić information content (AvgIpc) is 3.61. The fourth-order valence-corrected chi connectivity index (χ4v) is 5.06. The lowest BCUT2D eigenvalue weighted by Crippen LogP contribution is -2.10. The quantitative estimate of drug-likeness (QED) is 0.234. The molecule has 0 atom stereocenters. The van der Waals surface area contributed by atoms with Crippen LogP contribution in [-0.4, -0.2) is 26.1 Å². The number of rotatable bonds is 6. The lowest BCUT2D eigenvalue weighted by molar-refractivity contribution is -0.116. The van der Waals surface area contributed by atoms with Gasteiger partial charge in [-0.3, -0.25) is 14.9 Å². The third-order valence-corrected chi connectivity index (χ3v) is 6.87. The molecule has 1 amide bonds. The molecule has 2 aromatic carbocycles. The van der Waals surface area contributed by atoms with Crippen LogP contribution in [0.4, 0.5) is 10.1 Å². The predicted molar refractivity (Wildman–Crippen MR) is 141 cm³/mol. The zero-order chi connectivity index (χ0) is 24.6. The van der Waals surface area contributed by atoms with Crippen LogP contribution in [0.3, 0.4) is 0 Å². The second-order valence-electron chi connectivity index (χ2n) is 8.47. The Kier molecular flexibility index (Phi) is 5.47. The number of hydrogen-bond donors (Lipinski definition) is 3. The predicted octanol–water partition coefficient (Wildman–Crippen LogP) is 6.98. The molecular weight excluding hydrogens is 473 g/mol. The van der Waals surface area contributed by atoms with Gasteiger partial charge in [-0.05, 0) is 72.1 Å². The van der Waals surface area contributed by atoms with Gasteiger partial charge in [-0.1, -0.05) is 19.1 Å². The molecule has 0 spiro atoms. The first-order valence-electron chi connectivity index (χ1n) is 11.5. The number of nitrogens with zero attached hydrogens (tertiary/aromatic N) is 2. The number of hydrogen-bond acceptors (Lipinski definition) is 4. The van der Waals surface area contributed by atoms with Crippen molar-refractivity contribution in [2.24, 2.45) is 0 Å². The topological polar surface area (TPSA) is 86.5 Å². The van der Waals surface area contributed by atoms with E-state index in [-0.39, 0.29) is 11.0 Å². The van der Waals surface area contributed by atoms with Crippen LogP contribution < -0.4 is 5.32 Å². The third kappa shape index (κ3) is 4.00. The number of halogens is 1. The van der Waals surface area contributed by atoms with E-state index in [1.54, 1.807) is 12.3 Å². The van der Waals surface area contributed by atoms with E-state index in [0.717, 1.165) is 72.6 Å². The molecule has 4 heterocycles. The summed E-state index contributed by atoms with van der Waals surface area (Å²) in [6.45, 7) is 1.97. The van der Waals surface area contributed by atoms with Gasteiger partial charge in [0.15, 0.2) is 5.13 Å². The summed E-state index contributed by atoms with van der Waals surface area (Å²) in [5, 5.41) is 12.2. The summed E-state index contributed by atoms with van der Waals surface area (Å²) in [6.07, 6.45) is 2.96. The fourth-order valence-electron chi connectivity index (χ4n) is 4.32. The van der Waals surface area contributed by atoms with E-state index >= 15 is 0 Å². The molecule has 4 aromatic heterocycles. The first kappa shape index (κ1) is 22.0. The highest BCUT2D eigenvalue weighted by Gasteiger charge is 2.16. The van der Waals surface area contributed by atoms with Crippen molar-refractivity contribution in [1.82, 2.24) is 20.2 Å². The maximum Gasteiger partial charge on any atom is 0.224 e. The number of aromatic nitrogens is 4. The van der Waals surface area contributed by atoms with E-state index in [2.05, 4.69) is 43.7 Å². The number of H-pyrrole nitrogens is 2. The molecule has 8 heteroatoms. The summed E-state index contributed by atoms with van der Waals surface area (Å²) in [4.78, 5) is 20.7. The Morgan fingerprint density at radius 3 is 2.78 bits per heavy atom. The first-order valence-corrected chi connectivity index (χ1v) is 12.4. The lowest BCUT2D eigenvalue weighted by atomic mass is 10.0. The number of fused-ring (bicyclic) bond motifs is 2. The molecule has 0 saturated heterocycles. The van der Waals surface area contributed by atoms with Gasteiger partial charge in [0.25, 0.3) is 0 Å². The number of pyridine rings is 1. The van der Waals surface area contributed by atoms with Gasteiger partial charge in [0.05, 0.1) is 27.5 Å². The van der Waals surface area contributed by atoms with Crippen molar-refractivity contribution in [3.05, 3.63) is 78.1 Å². The summed E-state index contributed by atoms with van der Waals surface area (Å²) in [7, 11) is 0. The monoisotopic (exact) mass is 493 g/mol. The van der Waals surface area contributed by atoms with E-state index in [1.165, 1.54) is 6.07 Å². The maximum atomic E-state index is 13.7. The Labute approximate surface area is 210 Å². The molecule has 0 fully saturated rings. The molecule has 0 radical (unpaired) electrons. The molecular formula is C28H20FN5OS. The lowest BCUT2D eigenvalue weighted by Gasteiger charge is -2.05. The number of carbonyl (C=O) groups is 1. The van der Waals surface area contributed by atoms with E-state index in [4.69, 9.17) is 0 Å².